The van der Waals surface area contributed by atoms with E-state index in [1.54, 1.807) is 12.1 Å². The molecule has 1 heterocycles. The monoisotopic (exact) mass is 355 g/mol. The van der Waals surface area contributed by atoms with Crippen LogP contribution in [0.15, 0.2) is 29.2 Å². The number of hydrogen-bond acceptors (Lipinski definition) is 7. The van der Waals surface area contributed by atoms with Crippen LogP contribution in [-0.2, 0) is 28.6 Å². The molecule has 132 valence electrons. The number of nitrogens with one attached hydrogen (secondary N) is 1. The molecule has 0 radical (unpaired) electrons. The van der Waals surface area contributed by atoms with E-state index in [1.807, 2.05) is 6.92 Å². The fourth-order valence-electron chi connectivity index (χ4n) is 2.19. The molecule has 8 heteroatoms. The van der Waals surface area contributed by atoms with Crippen LogP contribution < -0.4 is 5.32 Å². The predicted molar refractivity (Wildman–Crippen MR) is 85.6 cm³/mol. The summed E-state index contributed by atoms with van der Waals surface area (Å²) in [6, 6.07) is 5.70. The molecular formula is C16H21NO6S. The fourth-order valence-corrected chi connectivity index (χ4v) is 3.18. The first-order valence-corrected chi connectivity index (χ1v) is 9.15. The first-order valence-electron chi connectivity index (χ1n) is 7.74. The summed E-state index contributed by atoms with van der Waals surface area (Å²) in [5.41, 5.74) is 0.921. The van der Waals surface area contributed by atoms with Gasteiger partial charge in [-0.2, -0.15) is 8.42 Å². The molecule has 0 spiro atoms. The van der Waals surface area contributed by atoms with Crippen LogP contribution in [0, 0.1) is 12.8 Å². The zero-order valence-corrected chi connectivity index (χ0v) is 14.5. The van der Waals surface area contributed by atoms with Crippen LogP contribution >= 0.6 is 0 Å². The molecule has 1 aromatic carbocycles. The second-order valence-electron chi connectivity index (χ2n) is 5.84. The van der Waals surface area contributed by atoms with Gasteiger partial charge in [-0.25, -0.2) is 4.79 Å². The summed E-state index contributed by atoms with van der Waals surface area (Å²) in [7, 11) is -3.95. The minimum atomic E-state index is -3.95. The van der Waals surface area contributed by atoms with Gasteiger partial charge in [0.2, 0.25) is 0 Å². The van der Waals surface area contributed by atoms with Crippen molar-refractivity contribution in [1.29, 1.82) is 0 Å². The molecule has 7 nitrogen and oxygen atoms in total. The number of carbonyl (C=O) groups is 2. The predicted octanol–water partition coefficient (Wildman–Crippen LogP) is 1.16. The van der Waals surface area contributed by atoms with Gasteiger partial charge in [0.05, 0.1) is 17.4 Å². The normalized spacial score (nSPS) is 19.0. The Morgan fingerprint density at radius 1 is 1.29 bits per heavy atom. The molecule has 0 amide bonds. The first kappa shape index (κ1) is 18.6. The number of ether oxygens (including phenoxy) is 1. The van der Waals surface area contributed by atoms with Gasteiger partial charge in [-0.1, -0.05) is 17.7 Å². The van der Waals surface area contributed by atoms with E-state index in [-0.39, 0.29) is 11.5 Å². The van der Waals surface area contributed by atoms with E-state index >= 15 is 0 Å². The van der Waals surface area contributed by atoms with Crippen LogP contribution in [0.5, 0.6) is 0 Å². The molecule has 0 aromatic heterocycles. The molecule has 0 aliphatic carbocycles. The van der Waals surface area contributed by atoms with Crippen molar-refractivity contribution in [3.05, 3.63) is 29.8 Å². The SMILES string of the molecule is Cc1ccc(S(=O)(=O)OCC(C)C(=O)OC(=O)[C@@H]2CCCN2)cc1. The highest BCUT2D eigenvalue weighted by molar-refractivity contribution is 7.86. The maximum absolute atomic E-state index is 12.1. The van der Waals surface area contributed by atoms with Gasteiger partial charge in [0.25, 0.3) is 10.1 Å². The van der Waals surface area contributed by atoms with E-state index in [2.05, 4.69) is 5.32 Å². The molecular weight excluding hydrogens is 334 g/mol. The second-order valence-corrected chi connectivity index (χ2v) is 7.46. The molecule has 24 heavy (non-hydrogen) atoms. The van der Waals surface area contributed by atoms with Crippen molar-refractivity contribution in [1.82, 2.24) is 5.32 Å². The zero-order chi connectivity index (χ0) is 17.7. The molecule has 1 unspecified atom stereocenters. The zero-order valence-electron chi connectivity index (χ0n) is 13.7. The third-order valence-corrected chi connectivity index (χ3v) is 5.03. The van der Waals surface area contributed by atoms with Crippen LogP contribution in [0.3, 0.4) is 0 Å². The number of carbonyl (C=O) groups excluding carboxylic acids is 2. The van der Waals surface area contributed by atoms with Crippen LogP contribution in [0.4, 0.5) is 0 Å². The molecule has 2 rings (SSSR count). The van der Waals surface area contributed by atoms with E-state index in [9.17, 15) is 18.0 Å². The third-order valence-electron chi connectivity index (χ3n) is 3.73. The van der Waals surface area contributed by atoms with E-state index in [4.69, 9.17) is 8.92 Å². The van der Waals surface area contributed by atoms with Gasteiger partial charge in [-0.05, 0) is 45.4 Å². The topological polar surface area (TPSA) is 98.8 Å². The summed E-state index contributed by atoms with van der Waals surface area (Å²) in [5.74, 6) is -2.31. The largest absolute Gasteiger partial charge is 0.392 e. The number of hydrogen-bond donors (Lipinski definition) is 1. The van der Waals surface area contributed by atoms with Gasteiger partial charge in [-0.15, -0.1) is 0 Å². The van der Waals surface area contributed by atoms with Crippen LogP contribution in [-0.4, -0.2) is 39.5 Å². The lowest BCUT2D eigenvalue weighted by Gasteiger charge is -2.13. The summed E-state index contributed by atoms with van der Waals surface area (Å²) in [6.07, 6.45) is 1.47. The maximum Gasteiger partial charge on any atom is 0.330 e. The summed E-state index contributed by atoms with van der Waals surface area (Å²) >= 11 is 0. The van der Waals surface area contributed by atoms with Crippen molar-refractivity contribution >= 4 is 22.1 Å². The van der Waals surface area contributed by atoms with Gasteiger partial charge in [0.1, 0.15) is 6.04 Å². The lowest BCUT2D eigenvalue weighted by atomic mass is 10.2. The Morgan fingerprint density at radius 2 is 1.96 bits per heavy atom. The molecule has 1 aromatic rings. The quantitative estimate of drug-likeness (QED) is 0.464. The molecule has 1 fully saturated rings. The second kappa shape index (κ2) is 7.87. The summed E-state index contributed by atoms with van der Waals surface area (Å²) in [4.78, 5) is 23.6. The van der Waals surface area contributed by atoms with E-state index in [0.717, 1.165) is 12.0 Å². The molecule has 1 saturated heterocycles. The van der Waals surface area contributed by atoms with Crippen molar-refractivity contribution in [2.45, 2.75) is 37.6 Å². The van der Waals surface area contributed by atoms with E-state index in [1.165, 1.54) is 19.1 Å². The van der Waals surface area contributed by atoms with Crippen molar-refractivity contribution in [2.75, 3.05) is 13.2 Å². The summed E-state index contributed by atoms with van der Waals surface area (Å²) < 4.78 is 33.8. The van der Waals surface area contributed by atoms with E-state index in [0.29, 0.717) is 13.0 Å². The number of esters is 2. The van der Waals surface area contributed by atoms with Gasteiger partial charge in [0.15, 0.2) is 0 Å². The van der Waals surface area contributed by atoms with Gasteiger partial charge in [0, 0.05) is 0 Å². The van der Waals surface area contributed by atoms with Crippen LogP contribution in [0.2, 0.25) is 0 Å². The fraction of sp³-hybridized carbons (Fsp3) is 0.500. The average Bonchev–Trinajstić information content (AvgIpc) is 3.07. The summed E-state index contributed by atoms with van der Waals surface area (Å²) in [6.45, 7) is 3.61. The van der Waals surface area contributed by atoms with Crippen LogP contribution in [0.25, 0.3) is 0 Å². The Bertz CT molecular complexity index is 692. The third kappa shape index (κ3) is 4.86. The average molecular weight is 355 g/mol. The highest BCUT2D eigenvalue weighted by Crippen LogP contribution is 2.15. The van der Waals surface area contributed by atoms with Crippen molar-refractivity contribution in [3.8, 4) is 0 Å². The molecule has 0 saturated carbocycles. The van der Waals surface area contributed by atoms with Gasteiger partial charge in [-0.3, -0.25) is 8.98 Å². The van der Waals surface area contributed by atoms with E-state index < -0.39 is 34.0 Å². The van der Waals surface area contributed by atoms with Crippen molar-refractivity contribution < 1.29 is 26.9 Å². The number of rotatable bonds is 6. The highest BCUT2D eigenvalue weighted by atomic mass is 32.2. The highest BCUT2D eigenvalue weighted by Gasteiger charge is 2.28. The standard InChI is InChI=1S/C16H21NO6S/c1-11-5-7-13(8-6-11)24(20,21)22-10-12(2)15(18)23-16(19)14-4-3-9-17-14/h5-8,12,14,17H,3-4,9-10H2,1-2H3/t12?,14-/m0/s1. The number of aryl methyl sites for hydroxylation is 1. The Hall–Kier alpha value is -1.77. The Labute approximate surface area is 141 Å². The van der Waals surface area contributed by atoms with Crippen molar-refractivity contribution in [2.24, 2.45) is 5.92 Å². The lowest BCUT2D eigenvalue weighted by Crippen LogP contribution is -2.35. The van der Waals surface area contributed by atoms with Gasteiger partial charge >= 0.3 is 11.9 Å². The van der Waals surface area contributed by atoms with Crippen LogP contribution in [0.1, 0.15) is 25.3 Å². The molecule has 0 bridgehead atoms. The minimum absolute atomic E-state index is 0.0138. The first-order chi connectivity index (χ1) is 11.3. The van der Waals surface area contributed by atoms with Gasteiger partial charge < -0.3 is 10.1 Å². The molecule has 1 aliphatic rings. The maximum atomic E-state index is 12.1. The Morgan fingerprint density at radius 3 is 2.54 bits per heavy atom. The Kier molecular flexibility index (Phi) is 6.09. The molecule has 2 atom stereocenters. The smallest absolute Gasteiger partial charge is 0.330 e. The molecule has 1 N–H and O–H groups in total. The minimum Gasteiger partial charge on any atom is -0.392 e. The Balaban J connectivity index is 1.87. The molecule has 1 aliphatic heterocycles. The summed E-state index contributed by atoms with van der Waals surface area (Å²) in [5, 5.41) is 2.93. The number of benzene rings is 1. The lowest BCUT2D eigenvalue weighted by molar-refractivity contribution is -0.164. The van der Waals surface area contributed by atoms with Crippen molar-refractivity contribution in [3.63, 3.8) is 0 Å².